The molecule has 4 rings (SSSR count). The lowest BCUT2D eigenvalue weighted by Crippen LogP contribution is -2.44. The van der Waals surface area contributed by atoms with Crippen LogP contribution in [0.25, 0.3) is 0 Å². The van der Waals surface area contributed by atoms with Crippen molar-refractivity contribution in [3.63, 3.8) is 0 Å². The van der Waals surface area contributed by atoms with Crippen molar-refractivity contribution < 1.29 is 9.53 Å². The number of methoxy groups -OCH3 is 1. The molecule has 7 heteroatoms. The Morgan fingerprint density at radius 1 is 1.07 bits per heavy atom. The van der Waals surface area contributed by atoms with Crippen molar-refractivity contribution in [2.45, 2.75) is 6.42 Å². The molecule has 0 atom stereocenters. The molecular weight excluding hydrogens is 396 g/mol. The van der Waals surface area contributed by atoms with E-state index >= 15 is 0 Å². The molecule has 0 unspecified atom stereocenters. The first kappa shape index (κ1) is 20.4. The van der Waals surface area contributed by atoms with Gasteiger partial charge in [0, 0.05) is 49.4 Å². The van der Waals surface area contributed by atoms with Crippen molar-refractivity contribution in [1.29, 1.82) is 0 Å². The molecule has 0 aliphatic carbocycles. The summed E-state index contributed by atoms with van der Waals surface area (Å²) in [5.41, 5.74) is 3.56. The fourth-order valence-corrected chi connectivity index (χ4v) is 4.24. The minimum atomic E-state index is -0.181. The van der Waals surface area contributed by atoms with E-state index in [1.54, 1.807) is 7.11 Å². The smallest absolute Gasteiger partial charge is 0.275 e. The highest BCUT2D eigenvalue weighted by Gasteiger charge is 2.15. The van der Waals surface area contributed by atoms with Crippen LogP contribution in [-0.4, -0.2) is 56.1 Å². The van der Waals surface area contributed by atoms with Crippen molar-refractivity contribution in [2.24, 2.45) is 0 Å². The van der Waals surface area contributed by atoms with Crippen molar-refractivity contribution in [3.05, 3.63) is 70.2 Å². The number of nitrogens with zero attached hydrogens (tertiary/aromatic N) is 3. The third-order valence-corrected chi connectivity index (χ3v) is 6.14. The normalized spacial score (nSPS) is 14.5. The number of likely N-dealkylation sites (N-methyl/N-ethyl adjacent to an activating group) is 1. The number of ether oxygens (including phenoxy) is 1. The van der Waals surface area contributed by atoms with E-state index in [-0.39, 0.29) is 5.91 Å². The lowest BCUT2D eigenvalue weighted by molar-refractivity contribution is 0.102. The monoisotopic (exact) mass is 422 g/mol. The molecule has 2 aromatic carbocycles. The van der Waals surface area contributed by atoms with Crippen LogP contribution in [0, 0.1) is 0 Å². The van der Waals surface area contributed by atoms with E-state index < -0.39 is 0 Å². The maximum Gasteiger partial charge on any atom is 0.275 e. The summed E-state index contributed by atoms with van der Waals surface area (Å²) < 4.78 is 5.19. The summed E-state index contributed by atoms with van der Waals surface area (Å²) in [5, 5.41) is 5.67. The predicted molar refractivity (Wildman–Crippen MR) is 122 cm³/mol. The van der Waals surface area contributed by atoms with Gasteiger partial charge in [-0.15, -0.1) is 11.3 Å². The average molecular weight is 423 g/mol. The van der Waals surface area contributed by atoms with Crippen LogP contribution in [0.5, 0.6) is 5.75 Å². The second-order valence-corrected chi connectivity index (χ2v) is 8.39. The molecule has 1 aromatic heterocycles. The first-order valence-electron chi connectivity index (χ1n) is 10.0. The summed E-state index contributed by atoms with van der Waals surface area (Å²) >= 11 is 1.50. The first-order valence-corrected chi connectivity index (χ1v) is 10.9. The zero-order valence-electron chi connectivity index (χ0n) is 17.3. The highest BCUT2D eigenvalue weighted by Crippen LogP contribution is 2.21. The molecule has 0 spiro atoms. The van der Waals surface area contributed by atoms with Gasteiger partial charge in [-0.3, -0.25) is 4.79 Å². The Morgan fingerprint density at radius 2 is 1.77 bits per heavy atom. The van der Waals surface area contributed by atoms with Gasteiger partial charge >= 0.3 is 0 Å². The third-order valence-electron chi connectivity index (χ3n) is 5.29. The molecule has 1 aliphatic rings. The number of amides is 1. The SMILES string of the molecule is COc1ccc(Cc2nc(C(=O)Nc3ccc(N4CCN(C)CC4)cc3)cs2)cc1. The Labute approximate surface area is 181 Å². The van der Waals surface area contributed by atoms with E-state index in [2.05, 4.69) is 39.3 Å². The number of anilines is 2. The van der Waals surface area contributed by atoms with E-state index in [0.29, 0.717) is 12.1 Å². The number of carbonyl (C=O) groups excluding carboxylic acids is 1. The van der Waals surface area contributed by atoms with Gasteiger partial charge in [0.15, 0.2) is 0 Å². The number of rotatable bonds is 6. The Morgan fingerprint density at radius 3 is 2.43 bits per heavy atom. The van der Waals surface area contributed by atoms with Crippen LogP contribution in [0.15, 0.2) is 53.9 Å². The van der Waals surface area contributed by atoms with Crippen LogP contribution >= 0.6 is 11.3 Å². The molecule has 1 saturated heterocycles. The van der Waals surface area contributed by atoms with Crippen LogP contribution in [0.1, 0.15) is 21.1 Å². The molecule has 1 fully saturated rings. The number of nitrogens with one attached hydrogen (secondary N) is 1. The topological polar surface area (TPSA) is 57.7 Å². The Kier molecular flexibility index (Phi) is 6.30. The van der Waals surface area contributed by atoms with E-state index in [1.165, 1.54) is 17.0 Å². The summed E-state index contributed by atoms with van der Waals surface area (Å²) in [7, 11) is 3.80. The molecule has 3 aromatic rings. The Bertz CT molecular complexity index is 977. The molecule has 0 saturated carbocycles. The number of carbonyl (C=O) groups is 1. The molecular formula is C23H26N4O2S. The minimum absolute atomic E-state index is 0.181. The quantitative estimate of drug-likeness (QED) is 0.656. The van der Waals surface area contributed by atoms with E-state index in [1.807, 2.05) is 41.8 Å². The second-order valence-electron chi connectivity index (χ2n) is 7.44. The molecule has 6 nitrogen and oxygen atoms in total. The fourth-order valence-electron chi connectivity index (χ4n) is 3.43. The molecule has 1 N–H and O–H groups in total. The summed E-state index contributed by atoms with van der Waals surface area (Å²) in [6, 6.07) is 15.9. The second kappa shape index (κ2) is 9.28. The third kappa shape index (κ3) is 4.98. The van der Waals surface area contributed by atoms with Crippen molar-refractivity contribution in [1.82, 2.24) is 9.88 Å². The highest BCUT2D eigenvalue weighted by molar-refractivity contribution is 7.09. The Balaban J connectivity index is 1.34. The zero-order valence-corrected chi connectivity index (χ0v) is 18.1. The van der Waals surface area contributed by atoms with Crippen molar-refractivity contribution >= 4 is 28.6 Å². The minimum Gasteiger partial charge on any atom is -0.497 e. The molecule has 1 aliphatic heterocycles. The number of piperazine rings is 1. The Hall–Kier alpha value is -2.90. The standard InChI is InChI=1S/C23H26N4O2S/c1-26-11-13-27(14-12-26)19-7-5-18(6-8-19)24-23(28)21-16-30-22(25-21)15-17-3-9-20(29-2)10-4-17/h3-10,16H,11-15H2,1-2H3,(H,24,28). The van der Waals surface area contributed by atoms with Crippen LogP contribution < -0.4 is 15.0 Å². The number of hydrogen-bond acceptors (Lipinski definition) is 6. The summed E-state index contributed by atoms with van der Waals surface area (Å²) in [6.45, 7) is 4.19. The van der Waals surface area contributed by atoms with Gasteiger partial charge in [-0.05, 0) is 49.0 Å². The van der Waals surface area contributed by atoms with Crippen molar-refractivity contribution in [3.8, 4) is 5.75 Å². The van der Waals surface area contributed by atoms with Gasteiger partial charge < -0.3 is 19.9 Å². The van der Waals surface area contributed by atoms with Crippen LogP contribution in [0.4, 0.5) is 11.4 Å². The fraction of sp³-hybridized carbons (Fsp3) is 0.304. The van der Waals surface area contributed by atoms with E-state index in [0.717, 1.165) is 48.2 Å². The molecule has 156 valence electrons. The van der Waals surface area contributed by atoms with Crippen LogP contribution in [0.3, 0.4) is 0 Å². The molecule has 1 amide bonds. The number of benzene rings is 2. The number of aromatic nitrogens is 1. The maximum absolute atomic E-state index is 12.6. The van der Waals surface area contributed by atoms with Gasteiger partial charge in [0.25, 0.3) is 5.91 Å². The van der Waals surface area contributed by atoms with E-state index in [9.17, 15) is 4.79 Å². The number of thiazole rings is 1. The maximum atomic E-state index is 12.6. The lowest BCUT2D eigenvalue weighted by atomic mass is 10.1. The molecule has 0 bridgehead atoms. The first-order chi connectivity index (χ1) is 14.6. The summed E-state index contributed by atoms with van der Waals surface area (Å²) in [5.74, 6) is 0.649. The van der Waals surface area contributed by atoms with Gasteiger partial charge in [0.2, 0.25) is 0 Å². The van der Waals surface area contributed by atoms with Gasteiger partial charge in [0.05, 0.1) is 12.1 Å². The molecule has 0 radical (unpaired) electrons. The van der Waals surface area contributed by atoms with Crippen LogP contribution in [0.2, 0.25) is 0 Å². The summed E-state index contributed by atoms with van der Waals surface area (Å²) in [4.78, 5) is 21.8. The predicted octanol–water partition coefficient (Wildman–Crippen LogP) is 3.75. The van der Waals surface area contributed by atoms with Crippen molar-refractivity contribution in [2.75, 3.05) is 50.6 Å². The zero-order chi connectivity index (χ0) is 20.9. The largest absolute Gasteiger partial charge is 0.497 e. The van der Waals surface area contributed by atoms with Gasteiger partial charge in [0.1, 0.15) is 11.4 Å². The van der Waals surface area contributed by atoms with Crippen LogP contribution in [-0.2, 0) is 6.42 Å². The van der Waals surface area contributed by atoms with E-state index in [4.69, 9.17) is 4.74 Å². The average Bonchev–Trinajstić information content (AvgIpc) is 3.24. The summed E-state index contributed by atoms with van der Waals surface area (Å²) in [6.07, 6.45) is 0.696. The lowest BCUT2D eigenvalue weighted by Gasteiger charge is -2.34. The molecule has 30 heavy (non-hydrogen) atoms. The van der Waals surface area contributed by atoms with Gasteiger partial charge in [-0.2, -0.15) is 0 Å². The highest BCUT2D eigenvalue weighted by atomic mass is 32.1. The van der Waals surface area contributed by atoms with Gasteiger partial charge in [-0.1, -0.05) is 12.1 Å². The number of hydrogen-bond donors (Lipinski definition) is 1. The molecule has 2 heterocycles. The van der Waals surface area contributed by atoms with Gasteiger partial charge in [-0.25, -0.2) is 4.98 Å².